The topological polar surface area (TPSA) is 17.8 Å². The van der Waals surface area contributed by atoms with E-state index in [4.69, 9.17) is 0 Å². The third-order valence-electron chi connectivity index (χ3n) is 1.82. The van der Waals surface area contributed by atoms with Gasteiger partial charge in [-0.25, -0.2) is 4.68 Å². The van der Waals surface area contributed by atoms with Crippen molar-refractivity contribution in [3.05, 3.63) is 42.7 Å². The largest absolute Gasteiger partial charge is 0.240 e. The molecule has 0 N–H and O–H groups in total. The van der Waals surface area contributed by atoms with Crippen LogP contribution in [0.25, 0.3) is 5.69 Å². The molecule has 0 aliphatic rings. The Balaban J connectivity index is 2.36. The van der Waals surface area contributed by atoms with Gasteiger partial charge in [0.2, 0.25) is 0 Å². The molecule has 0 bridgehead atoms. The monoisotopic (exact) mass is 190 g/mol. The molecule has 2 rings (SSSR count). The molecule has 2 nitrogen and oxygen atoms in total. The van der Waals surface area contributed by atoms with Crippen LogP contribution in [0.4, 0.5) is 0 Å². The zero-order valence-electron chi connectivity index (χ0n) is 7.34. The number of thioether (sulfide) groups is 1. The fourth-order valence-electron chi connectivity index (χ4n) is 1.13. The van der Waals surface area contributed by atoms with Crippen LogP contribution in [0.3, 0.4) is 0 Å². The summed E-state index contributed by atoms with van der Waals surface area (Å²) in [4.78, 5) is 1.18. The summed E-state index contributed by atoms with van der Waals surface area (Å²) >= 11 is 1.70. The van der Waals surface area contributed by atoms with E-state index in [0.29, 0.717) is 0 Å². The van der Waals surface area contributed by atoms with Crippen molar-refractivity contribution in [2.24, 2.45) is 0 Å². The summed E-state index contributed by atoms with van der Waals surface area (Å²) in [6, 6.07) is 10.1. The Bertz CT molecular complexity index is 381. The van der Waals surface area contributed by atoms with Crippen LogP contribution >= 0.6 is 11.8 Å². The van der Waals surface area contributed by atoms with E-state index in [2.05, 4.69) is 5.10 Å². The van der Waals surface area contributed by atoms with E-state index < -0.39 is 0 Å². The van der Waals surface area contributed by atoms with Crippen molar-refractivity contribution in [3.63, 3.8) is 0 Å². The summed E-state index contributed by atoms with van der Waals surface area (Å²) < 4.78 is 1.88. The molecule has 2 aromatic rings. The van der Waals surface area contributed by atoms with Crippen LogP contribution in [0.1, 0.15) is 0 Å². The second kappa shape index (κ2) is 3.66. The zero-order chi connectivity index (χ0) is 9.10. The standard InChI is InChI=1S/C10H10N2S/c1-13-10-7-11-12(8-10)9-5-3-2-4-6-9/h2-8H,1H3. The van der Waals surface area contributed by atoms with Crippen LogP contribution < -0.4 is 0 Å². The molecule has 3 heteroatoms. The third-order valence-corrected chi connectivity index (χ3v) is 2.50. The molecule has 0 saturated carbocycles. The van der Waals surface area contributed by atoms with E-state index in [1.54, 1.807) is 11.8 Å². The van der Waals surface area contributed by atoms with Crippen LogP contribution in [0, 0.1) is 0 Å². The van der Waals surface area contributed by atoms with Crippen LogP contribution in [0.15, 0.2) is 47.6 Å². The van der Waals surface area contributed by atoms with Gasteiger partial charge in [-0.3, -0.25) is 0 Å². The first-order valence-corrected chi connectivity index (χ1v) is 5.27. The van der Waals surface area contributed by atoms with Crippen LogP contribution in [0.5, 0.6) is 0 Å². The van der Waals surface area contributed by atoms with Gasteiger partial charge in [-0.2, -0.15) is 5.10 Å². The van der Waals surface area contributed by atoms with Gasteiger partial charge in [0.25, 0.3) is 0 Å². The molecule has 66 valence electrons. The number of para-hydroxylation sites is 1. The maximum Gasteiger partial charge on any atom is 0.0646 e. The van der Waals surface area contributed by atoms with E-state index in [0.717, 1.165) is 5.69 Å². The molecule has 0 radical (unpaired) electrons. The summed E-state index contributed by atoms with van der Waals surface area (Å²) in [6.45, 7) is 0. The summed E-state index contributed by atoms with van der Waals surface area (Å²) in [7, 11) is 0. The molecule has 0 aliphatic carbocycles. The number of hydrogen-bond acceptors (Lipinski definition) is 2. The molecule has 13 heavy (non-hydrogen) atoms. The van der Waals surface area contributed by atoms with E-state index >= 15 is 0 Å². The molecular formula is C10H10N2S. The predicted octanol–water partition coefficient (Wildman–Crippen LogP) is 2.59. The molecule has 0 fully saturated rings. The highest BCUT2D eigenvalue weighted by Gasteiger charge is 1.97. The predicted molar refractivity (Wildman–Crippen MR) is 55.3 cm³/mol. The highest BCUT2D eigenvalue weighted by molar-refractivity contribution is 7.98. The van der Waals surface area contributed by atoms with Gasteiger partial charge in [0.1, 0.15) is 0 Å². The first-order chi connectivity index (χ1) is 6.40. The number of benzene rings is 1. The van der Waals surface area contributed by atoms with Crippen molar-refractivity contribution >= 4 is 11.8 Å². The zero-order valence-corrected chi connectivity index (χ0v) is 8.16. The minimum atomic E-state index is 1.10. The average Bonchev–Trinajstić information content (AvgIpc) is 2.67. The van der Waals surface area contributed by atoms with Gasteiger partial charge in [0.05, 0.1) is 11.9 Å². The molecule has 0 amide bonds. The van der Waals surface area contributed by atoms with Gasteiger partial charge in [0, 0.05) is 11.1 Å². The van der Waals surface area contributed by atoms with Crippen LogP contribution in [-0.2, 0) is 0 Å². The maximum absolute atomic E-state index is 4.25. The Kier molecular flexibility index (Phi) is 2.36. The molecular weight excluding hydrogens is 180 g/mol. The molecule has 1 heterocycles. The van der Waals surface area contributed by atoms with Crippen molar-refractivity contribution in [3.8, 4) is 5.69 Å². The van der Waals surface area contributed by atoms with Crippen molar-refractivity contribution in [1.29, 1.82) is 0 Å². The normalized spacial score (nSPS) is 10.2. The van der Waals surface area contributed by atoms with Gasteiger partial charge in [-0.15, -0.1) is 11.8 Å². The number of rotatable bonds is 2. The lowest BCUT2D eigenvalue weighted by atomic mass is 10.3. The van der Waals surface area contributed by atoms with Crippen molar-refractivity contribution < 1.29 is 0 Å². The Morgan fingerprint density at radius 2 is 2.00 bits per heavy atom. The lowest BCUT2D eigenvalue weighted by Gasteiger charge is -1.98. The van der Waals surface area contributed by atoms with Crippen molar-refractivity contribution in [1.82, 2.24) is 9.78 Å². The molecule has 1 aromatic carbocycles. The van der Waals surface area contributed by atoms with Gasteiger partial charge in [-0.1, -0.05) is 18.2 Å². The van der Waals surface area contributed by atoms with E-state index in [-0.39, 0.29) is 0 Å². The maximum atomic E-state index is 4.25. The van der Waals surface area contributed by atoms with E-state index in [1.165, 1.54) is 4.90 Å². The highest BCUT2D eigenvalue weighted by atomic mass is 32.2. The van der Waals surface area contributed by atoms with Gasteiger partial charge in [-0.05, 0) is 18.4 Å². The number of aromatic nitrogens is 2. The first-order valence-electron chi connectivity index (χ1n) is 4.04. The Hall–Kier alpha value is -1.22. The highest BCUT2D eigenvalue weighted by Crippen LogP contribution is 2.15. The van der Waals surface area contributed by atoms with Crippen LogP contribution in [0.2, 0.25) is 0 Å². The summed E-state index contributed by atoms with van der Waals surface area (Å²) in [5.74, 6) is 0. The third kappa shape index (κ3) is 1.75. The Labute approximate surface area is 81.6 Å². The SMILES string of the molecule is CSc1cnn(-c2ccccc2)c1. The Morgan fingerprint density at radius 3 is 2.62 bits per heavy atom. The Morgan fingerprint density at radius 1 is 1.23 bits per heavy atom. The van der Waals surface area contributed by atoms with E-state index in [1.807, 2.05) is 53.7 Å². The minimum absolute atomic E-state index is 1.10. The van der Waals surface area contributed by atoms with E-state index in [9.17, 15) is 0 Å². The van der Waals surface area contributed by atoms with Gasteiger partial charge in [0.15, 0.2) is 0 Å². The quantitative estimate of drug-likeness (QED) is 0.677. The first kappa shape index (κ1) is 8.38. The summed E-state index contributed by atoms with van der Waals surface area (Å²) in [5.41, 5.74) is 1.10. The fourth-order valence-corrected chi connectivity index (χ4v) is 1.49. The fraction of sp³-hybridized carbons (Fsp3) is 0.100. The molecule has 0 unspecified atom stereocenters. The van der Waals surface area contributed by atoms with Gasteiger partial charge < -0.3 is 0 Å². The van der Waals surface area contributed by atoms with Crippen LogP contribution in [-0.4, -0.2) is 16.0 Å². The smallest absolute Gasteiger partial charge is 0.0646 e. The second-order valence-corrected chi connectivity index (χ2v) is 3.54. The van der Waals surface area contributed by atoms with Gasteiger partial charge >= 0.3 is 0 Å². The average molecular weight is 190 g/mol. The lowest BCUT2D eigenvalue weighted by molar-refractivity contribution is 0.880. The molecule has 0 saturated heterocycles. The molecule has 1 aromatic heterocycles. The summed E-state index contributed by atoms with van der Waals surface area (Å²) in [6.07, 6.45) is 5.95. The summed E-state index contributed by atoms with van der Waals surface area (Å²) in [5, 5.41) is 4.25. The lowest BCUT2D eigenvalue weighted by Crippen LogP contribution is -1.92. The molecule has 0 aliphatic heterocycles. The second-order valence-electron chi connectivity index (χ2n) is 2.66. The van der Waals surface area contributed by atoms with Crippen molar-refractivity contribution in [2.75, 3.05) is 6.26 Å². The minimum Gasteiger partial charge on any atom is -0.240 e. The number of nitrogens with zero attached hydrogens (tertiary/aromatic N) is 2. The van der Waals surface area contributed by atoms with Crippen molar-refractivity contribution in [2.45, 2.75) is 4.90 Å². The molecule has 0 spiro atoms. The molecule has 0 atom stereocenters. The number of hydrogen-bond donors (Lipinski definition) is 0.